The summed E-state index contributed by atoms with van der Waals surface area (Å²) < 4.78 is 15.7. The largest absolute Gasteiger partial charge is 0.508 e. The molecule has 0 aliphatic heterocycles. The highest BCUT2D eigenvalue weighted by Crippen LogP contribution is 2.32. The molecular weight excluding hydrogens is 321 g/mol. The van der Waals surface area contributed by atoms with Crippen molar-refractivity contribution in [1.29, 1.82) is 0 Å². The second-order valence-corrected chi connectivity index (χ2v) is 5.98. The zero-order chi connectivity index (χ0) is 18.1. The fourth-order valence-electron chi connectivity index (χ4n) is 2.89. The molecule has 0 unspecified atom stereocenters. The third kappa shape index (κ3) is 2.94. The van der Waals surface area contributed by atoms with Gasteiger partial charge in [0.2, 0.25) is 0 Å². The zero-order valence-electron chi connectivity index (χ0n) is 13.9. The van der Waals surface area contributed by atoms with Gasteiger partial charge in [0.05, 0.1) is 16.8 Å². The van der Waals surface area contributed by atoms with Gasteiger partial charge in [-0.1, -0.05) is 10.7 Å². The van der Waals surface area contributed by atoms with E-state index in [1.807, 2.05) is 24.5 Å². The molecule has 0 spiro atoms. The van der Waals surface area contributed by atoms with Crippen LogP contribution in [0.2, 0.25) is 0 Å². The van der Waals surface area contributed by atoms with Crippen molar-refractivity contribution >= 4 is 22.8 Å². The Hall–Kier alpha value is -3.28. The van der Waals surface area contributed by atoms with E-state index in [1.165, 1.54) is 12.1 Å². The van der Waals surface area contributed by atoms with Crippen LogP contribution in [0.1, 0.15) is 25.1 Å². The molecule has 0 saturated heterocycles. The smallest absolute Gasteiger partial charge is 0.172 e. The SMILES string of the molecule is CC(C)=Cc1c(/C(N)=N/O)c2cc(F)ccc2n1-c1ccc(O)cc1. The van der Waals surface area contributed by atoms with Crippen LogP contribution in [-0.4, -0.2) is 20.7 Å². The molecule has 1 heterocycles. The number of phenols is 1. The predicted molar refractivity (Wildman–Crippen MR) is 96.7 cm³/mol. The summed E-state index contributed by atoms with van der Waals surface area (Å²) in [7, 11) is 0. The van der Waals surface area contributed by atoms with E-state index in [1.54, 1.807) is 30.3 Å². The van der Waals surface area contributed by atoms with E-state index in [4.69, 9.17) is 5.73 Å². The zero-order valence-corrected chi connectivity index (χ0v) is 13.9. The molecule has 25 heavy (non-hydrogen) atoms. The van der Waals surface area contributed by atoms with E-state index in [0.29, 0.717) is 22.2 Å². The van der Waals surface area contributed by atoms with Crippen LogP contribution in [0.15, 0.2) is 53.2 Å². The van der Waals surface area contributed by atoms with E-state index < -0.39 is 5.82 Å². The summed E-state index contributed by atoms with van der Waals surface area (Å²) in [6.07, 6.45) is 1.89. The summed E-state index contributed by atoms with van der Waals surface area (Å²) in [5.41, 5.74) is 9.48. The first-order valence-electron chi connectivity index (χ1n) is 7.68. The molecule has 0 aliphatic rings. The number of rotatable bonds is 3. The van der Waals surface area contributed by atoms with Gasteiger partial charge in [-0.2, -0.15) is 0 Å². The van der Waals surface area contributed by atoms with Gasteiger partial charge in [-0.05, 0) is 62.4 Å². The van der Waals surface area contributed by atoms with Gasteiger partial charge in [0, 0.05) is 11.1 Å². The summed E-state index contributed by atoms with van der Waals surface area (Å²) in [4.78, 5) is 0. The molecule has 0 fully saturated rings. The number of halogens is 1. The number of nitrogens with two attached hydrogens (primary N) is 1. The summed E-state index contributed by atoms with van der Waals surface area (Å²) in [5.74, 6) is -0.363. The van der Waals surface area contributed by atoms with Gasteiger partial charge in [0.1, 0.15) is 11.6 Å². The van der Waals surface area contributed by atoms with Crippen molar-refractivity contribution in [1.82, 2.24) is 4.57 Å². The van der Waals surface area contributed by atoms with Crippen molar-refractivity contribution in [2.24, 2.45) is 10.9 Å². The van der Waals surface area contributed by atoms with Crippen LogP contribution in [0.4, 0.5) is 4.39 Å². The highest BCUT2D eigenvalue weighted by Gasteiger charge is 2.20. The third-order valence-corrected chi connectivity index (χ3v) is 3.86. The molecule has 6 heteroatoms. The third-order valence-electron chi connectivity index (χ3n) is 3.86. The Balaban J connectivity index is 2.49. The van der Waals surface area contributed by atoms with Crippen molar-refractivity contribution in [2.45, 2.75) is 13.8 Å². The summed E-state index contributed by atoms with van der Waals surface area (Å²) in [6.45, 7) is 3.85. The summed E-state index contributed by atoms with van der Waals surface area (Å²) in [5, 5.41) is 22.4. The molecule has 0 saturated carbocycles. The second-order valence-electron chi connectivity index (χ2n) is 5.98. The number of oxime groups is 1. The average Bonchev–Trinajstić information content (AvgIpc) is 2.87. The van der Waals surface area contributed by atoms with E-state index in [9.17, 15) is 14.7 Å². The maximum atomic E-state index is 13.8. The second kappa shape index (κ2) is 6.32. The number of fused-ring (bicyclic) bond motifs is 1. The Morgan fingerprint density at radius 3 is 2.44 bits per heavy atom. The molecule has 1 aromatic heterocycles. The summed E-state index contributed by atoms with van der Waals surface area (Å²) >= 11 is 0. The molecule has 0 radical (unpaired) electrons. The molecule has 5 nitrogen and oxygen atoms in total. The molecular formula is C19H18FN3O2. The fraction of sp³-hybridized carbons (Fsp3) is 0.105. The number of amidine groups is 1. The number of aromatic nitrogens is 1. The van der Waals surface area contributed by atoms with E-state index in [0.717, 1.165) is 11.3 Å². The molecule has 0 atom stereocenters. The van der Waals surface area contributed by atoms with Gasteiger partial charge in [0.15, 0.2) is 5.84 Å². The minimum absolute atomic E-state index is 0.0966. The number of hydrogen-bond donors (Lipinski definition) is 3. The number of benzene rings is 2. The predicted octanol–water partition coefficient (Wildman–Crippen LogP) is 3.99. The van der Waals surface area contributed by atoms with Crippen LogP contribution < -0.4 is 5.73 Å². The van der Waals surface area contributed by atoms with Crippen LogP contribution >= 0.6 is 0 Å². The molecule has 3 aromatic rings. The van der Waals surface area contributed by atoms with Crippen LogP contribution in [0.25, 0.3) is 22.7 Å². The Morgan fingerprint density at radius 1 is 1.16 bits per heavy atom. The van der Waals surface area contributed by atoms with Gasteiger partial charge in [-0.25, -0.2) is 4.39 Å². The first kappa shape index (κ1) is 16.6. The van der Waals surface area contributed by atoms with Crippen LogP contribution in [0.5, 0.6) is 5.75 Å². The summed E-state index contributed by atoms with van der Waals surface area (Å²) in [6, 6.07) is 11.0. The Bertz CT molecular complexity index is 998. The normalized spacial score (nSPS) is 11.7. The van der Waals surface area contributed by atoms with Crippen molar-refractivity contribution < 1.29 is 14.7 Å². The van der Waals surface area contributed by atoms with E-state index in [-0.39, 0.29) is 11.6 Å². The van der Waals surface area contributed by atoms with Crippen molar-refractivity contribution in [3.8, 4) is 11.4 Å². The molecule has 0 amide bonds. The molecule has 4 N–H and O–H groups in total. The Labute approximate surface area is 144 Å². The van der Waals surface area contributed by atoms with Gasteiger partial charge in [-0.3, -0.25) is 0 Å². The minimum Gasteiger partial charge on any atom is -0.508 e. The number of phenolic OH excluding ortho intramolecular Hbond substituents is 1. The Kier molecular flexibility index (Phi) is 4.19. The van der Waals surface area contributed by atoms with E-state index >= 15 is 0 Å². The standard InChI is InChI=1S/C19H18FN3O2/c1-11(2)9-17-18(19(21)22-25)15-10-12(20)3-8-16(15)23(17)13-4-6-14(24)7-5-13/h3-10,24-25H,1-2H3,(H2,21,22). The first-order valence-corrected chi connectivity index (χ1v) is 7.68. The topological polar surface area (TPSA) is 83.8 Å². The number of allylic oxidation sites excluding steroid dienone is 1. The van der Waals surface area contributed by atoms with Gasteiger partial charge in [0.25, 0.3) is 0 Å². The average molecular weight is 339 g/mol. The van der Waals surface area contributed by atoms with Gasteiger partial charge >= 0.3 is 0 Å². The molecule has 2 aromatic carbocycles. The lowest BCUT2D eigenvalue weighted by Gasteiger charge is -2.10. The molecule has 0 aliphatic carbocycles. The monoisotopic (exact) mass is 339 g/mol. The molecule has 3 rings (SSSR count). The lowest BCUT2D eigenvalue weighted by molar-refractivity contribution is 0.318. The number of hydrogen-bond acceptors (Lipinski definition) is 3. The van der Waals surface area contributed by atoms with Crippen LogP contribution in [0.3, 0.4) is 0 Å². The quantitative estimate of drug-likeness (QED) is 0.292. The van der Waals surface area contributed by atoms with Crippen molar-refractivity contribution in [3.05, 3.63) is 65.1 Å². The maximum Gasteiger partial charge on any atom is 0.172 e. The lowest BCUT2D eigenvalue weighted by Crippen LogP contribution is -2.14. The minimum atomic E-state index is -0.411. The highest BCUT2D eigenvalue weighted by molar-refractivity contribution is 6.12. The lowest BCUT2D eigenvalue weighted by atomic mass is 10.1. The van der Waals surface area contributed by atoms with E-state index in [2.05, 4.69) is 5.16 Å². The van der Waals surface area contributed by atoms with Crippen LogP contribution in [-0.2, 0) is 0 Å². The van der Waals surface area contributed by atoms with Crippen molar-refractivity contribution in [2.75, 3.05) is 0 Å². The molecule has 0 bridgehead atoms. The van der Waals surface area contributed by atoms with Gasteiger partial charge < -0.3 is 20.6 Å². The Morgan fingerprint density at radius 2 is 1.84 bits per heavy atom. The van der Waals surface area contributed by atoms with Gasteiger partial charge in [-0.15, -0.1) is 0 Å². The maximum absolute atomic E-state index is 13.8. The molecule has 128 valence electrons. The highest BCUT2D eigenvalue weighted by atomic mass is 19.1. The van der Waals surface area contributed by atoms with Crippen molar-refractivity contribution in [3.63, 3.8) is 0 Å². The van der Waals surface area contributed by atoms with Crippen LogP contribution in [0, 0.1) is 5.82 Å². The fourth-order valence-corrected chi connectivity index (χ4v) is 2.89. The number of aromatic hydroxyl groups is 1. The number of nitrogens with zero attached hydrogens (tertiary/aromatic N) is 2. The first-order chi connectivity index (χ1) is 11.9.